The van der Waals surface area contributed by atoms with Gasteiger partial charge >= 0.3 is 0 Å². The molecule has 1 amide bonds. The summed E-state index contributed by atoms with van der Waals surface area (Å²) in [5.41, 5.74) is 2.30. The molecule has 0 saturated carbocycles. The van der Waals surface area contributed by atoms with E-state index in [1.54, 1.807) is 10.9 Å². The van der Waals surface area contributed by atoms with Crippen molar-refractivity contribution in [3.05, 3.63) is 42.2 Å². The molecule has 1 saturated heterocycles. The molecule has 2 heterocycles. The fourth-order valence-corrected chi connectivity index (χ4v) is 3.58. The van der Waals surface area contributed by atoms with Gasteiger partial charge in [0.2, 0.25) is 0 Å². The number of hydrogen-bond acceptors (Lipinski definition) is 4. The number of carbonyl (C=O) groups is 1. The first-order valence-electron chi connectivity index (χ1n) is 9.18. The summed E-state index contributed by atoms with van der Waals surface area (Å²) >= 11 is 0. The van der Waals surface area contributed by atoms with E-state index in [0.717, 1.165) is 24.2 Å². The Morgan fingerprint density at radius 1 is 1.42 bits per heavy atom. The molecule has 3 rings (SSSR count). The van der Waals surface area contributed by atoms with Gasteiger partial charge in [-0.25, -0.2) is 0 Å². The average Bonchev–Trinajstić information content (AvgIpc) is 3.00. The lowest BCUT2D eigenvalue weighted by atomic mass is 9.92. The fraction of sp³-hybridized carbons (Fsp3) is 0.500. The first-order chi connectivity index (χ1) is 12.4. The van der Waals surface area contributed by atoms with Crippen molar-refractivity contribution >= 4 is 17.3 Å². The number of benzene rings is 1. The number of ether oxygens (including phenoxy) is 1. The van der Waals surface area contributed by atoms with E-state index in [4.69, 9.17) is 4.74 Å². The van der Waals surface area contributed by atoms with E-state index >= 15 is 0 Å². The lowest BCUT2D eigenvalue weighted by molar-refractivity contribution is -0.0777. The van der Waals surface area contributed by atoms with Crippen molar-refractivity contribution in [1.82, 2.24) is 14.7 Å². The molecule has 1 aromatic carbocycles. The van der Waals surface area contributed by atoms with Gasteiger partial charge in [0.05, 0.1) is 17.5 Å². The number of aromatic nitrogens is 2. The summed E-state index contributed by atoms with van der Waals surface area (Å²) in [5, 5.41) is 7.45. The van der Waals surface area contributed by atoms with Gasteiger partial charge in [-0.05, 0) is 51.8 Å². The van der Waals surface area contributed by atoms with Crippen LogP contribution in [0.3, 0.4) is 0 Å². The zero-order chi connectivity index (χ0) is 18.7. The van der Waals surface area contributed by atoms with Crippen molar-refractivity contribution in [2.75, 3.05) is 18.5 Å². The standard InChI is InChI=1S/C20H28N4O2/c1-5-24(18-9-10-26-20(2,3)12-18)19(25)15-7-6-8-16(11-15)22-17-13-21-23(4)14-17/h6-8,11,13-14,18,22H,5,9-10,12H2,1-4H3. The molecule has 6 nitrogen and oxygen atoms in total. The van der Waals surface area contributed by atoms with Gasteiger partial charge in [0.15, 0.2) is 0 Å². The molecule has 1 aliphatic rings. The van der Waals surface area contributed by atoms with Gasteiger partial charge in [-0.15, -0.1) is 0 Å². The van der Waals surface area contributed by atoms with Crippen molar-refractivity contribution < 1.29 is 9.53 Å². The summed E-state index contributed by atoms with van der Waals surface area (Å²) in [6, 6.07) is 7.86. The van der Waals surface area contributed by atoms with Gasteiger partial charge < -0.3 is 15.0 Å². The topological polar surface area (TPSA) is 59.4 Å². The van der Waals surface area contributed by atoms with Gasteiger partial charge in [0.1, 0.15) is 0 Å². The lowest BCUT2D eigenvalue weighted by Gasteiger charge is -2.41. The largest absolute Gasteiger partial charge is 0.375 e. The van der Waals surface area contributed by atoms with Gasteiger partial charge in [0.25, 0.3) is 5.91 Å². The Balaban J connectivity index is 1.76. The van der Waals surface area contributed by atoms with E-state index in [9.17, 15) is 4.79 Å². The number of carbonyl (C=O) groups excluding carboxylic acids is 1. The zero-order valence-electron chi connectivity index (χ0n) is 16.0. The SMILES string of the molecule is CCN(C(=O)c1cccc(Nc2cnn(C)c2)c1)C1CCOC(C)(C)C1. The second kappa shape index (κ2) is 7.50. The highest BCUT2D eigenvalue weighted by atomic mass is 16.5. The fourth-order valence-electron chi connectivity index (χ4n) is 3.58. The molecule has 1 aromatic heterocycles. The Morgan fingerprint density at radius 3 is 2.88 bits per heavy atom. The monoisotopic (exact) mass is 356 g/mol. The Bertz CT molecular complexity index is 769. The van der Waals surface area contributed by atoms with Crippen molar-refractivity contribution in [3.8, 4) is 0 Å². The predicted molar refractivity (Wildman–Crippen MR) is 103 cm³/mol. The van der Waals surface area contributed by atoms with Crippen molar-refractivity contribution in [1.29, 1.82) is 0 Å². The van der Waals surface area contributed by atoms with E-state index in [1.807, 2.05) is 49.3 Å². The summed E-state index contributed by atoms with van der Waals surface area (Å²) in [7, 11) is 1.87. The molecule has 1 N–H and O–H groups in total. The Kier molecular flexibility index (Phi) is 5.32. The van der Waals surface area contributed by atoms with E-state index in [1.165, 1.54) is 0 Å². The van der Waals surface area contributed by atoms with Crippen LogP contribution in [0.2, 0.25) is 0 Å². The van der Waals surface area contributed by atoms with Gasteiger partial charge in [-0.3, -0.25) is 9.48 Å². The van der Waals surface area contributed by atoms with E-state index in [0.29, 0.717) is 18.7 Å². The summed E-state index contributed by atoms with van der Waals surface area (Å²) < 4.78 is 7.55. The number of nitrogens with one attached hydrogen (secondary N) is 1. The summed E-state index contributed by atoms with van der Waals surface area (Å²) in [5.74, 6) is 0.0741. The van der Waals surface area contributed by atoms with Crippen LogP contribution in [0, 0.1) is 0 Å². The highest BCUT2D eigenvalue weighted by molar-refractivity contribution is 5.95. The normalized spacial score (nSPS) is 19.2. The zero-order valence-corrected chi connectivity index (χ0v) is 16.0. The van der Waals surface area contributed by atoms with Crippen molar-refractivity contribution in [2.45, 2.75) is 45.3 Å². The molecule has 6 heteroatoms. The van der Waals surface area contributed by atoms with Crippen LogP contribution in [0.1, 0.15) is 44.0 Å². The van der Waals surface area contributed by atoms with Crippen LogP contribution >= 0.6 is 0 Å². The van der Waals surface area contributed by atoms with Crippen molar-refractivity contribution in [2.24, 2.45) is 7.05 Å². The summed E-state index contributed by atoms with van der Waals surface area (Å²) in [4.78, 5) is 15.1. The minimum atomic E-state index is -0.180. The molecule has 1 atom stereocenters. The number of anilines is 2. The van der Waals surface area contributed by atoms with Gasteiger partial charge in [-0.2, -0.15) is 5.10 Å². The number of rotatable bonds is 5. The Hall–Kier alpha value is -2.34. The third-order valence-corrected chi connectivity index (χ3v) is 4.82. The van der Waals surface area contributed by atoms with Crippen LogP contribution < -0.4 is 5.32 Å². The molecule has 2 aromatic rings. The first kappa shape index (κ1) is 18.5. The maximum absolute atomic E-state index is 13.1. The first-order valence-corrected chi connectivity index (χ1v) is 9.18. The molecule has 0 spiro atoms. The van der Waals surface area contributed by atoms with Crippen LogP contribution in [0.25, 0.3) is 0 Å². The number of nitrogens with zero attached hydrogens (tertiary/aromatic N) is 3. The molecule has 0 radical (unpaired) electrons. The minimum absolute atomic E-state index is 0.0741. The highest BCUT2D eigenvalue weighted by Crippen LogP contribution is 2.28. The summed E-state index contributed by atoms with van der Waals surface area (Å²) in [6.45, 7) is 7.62. The molecule has 0 bridgehead atoms. The molecule has 140 valence electrons. The maximum Gasteiger partial charge on any atom is 0.254 e. The maximum atomic E-state index is 13.1. The van der Waals surface area contributed by atoms with Gasteiger partial charge in [-0.1, -0.05) is 6.07 Å². The molecule has 1 unspecified atom stereocenters. The Morgan fingerprint density at radius 2 is 2.23 bits per heavy atom. The average molecular weight is 356 g/mol. The molecular weight excluding hydrogens is 328 g/mol. The van der Waals surface area contributed by atoms with Crippen LogP contribution in [0.5, 0.6) is 0 Å². The van der Waals surface area contributed by atoms with Crippen molar-refractivity contribution in [3.63, 3.8) is 0 Å². The third-order valence-electron chi connectivity index (χ3n) is 4.82. The molecule has 1 aliphatic heterocycles. The lowest BCUT2D eigenvalue weighted by Crippen LogP contribution is -2.48. The number of amides is 1. The van der Waals surface area contributed by atoms with E-state index in [2.05, 4.69) is 24.3 Å². The molecule has 0 aliphatic carbocycles. The van der Waals surface area contributed by atoms with Crippen LogP contribution in [-0.4, -0.2) is 45.4 Å². The van der Waals surface area contributed by atoms with E-state index < -0.39 is 0 Å². The molecule has 1 fully saturated rings. The number of hydrogen-bond donors (Lipinski definition) is 1. The predicted octanol–water partition coefficient (Wildman–Crippen LogP) is 3.58. The van der Waals surface area contributed by atoms with Gasteiger partial charge in [0, 0.05) is 43.7 Å². The minimum Gasteiger partial charge on any atom is -0.375 e. The number of aryl methyl sites for hydroxylation is 1. The second-order valence-corrected chi connectivity index (χ2v) is 7.45. The van der Waals surface area contributed by atoms with E-state index in [-0.39, 0.29) is 17.6 Å². The van der Waals surface area contributed by atoms with Crippen LogP contribution in [-0.2, 0) is 11.8 Å². The Labute approximate surface area is 155 Å². The quantitative estimate of drug-likeness (QED) is 0.889. The molecular formula is C20H28N4O2. The summed E-state index contributed by atoms with van der Waals surface area (Å²) in [6.07, 6.45) is 5.41. The van der Waals surface area contributed by atoms with Crippen LogP contribution in [0.15, 0.2) is 36.7 Å². The highest BCUT2D eigenvalue weighted by Gasteiger charge is 2.34. The smallest absolute Gasteiger partial charge is 0.254 e. The van der Waals surface area contributed by atoms with Crippen LogP contribution in [0.4, 0.5) is 11.4 Å². The second-order valence-electron chi connectivity index (χ2n) is 7.45. The molecule has 26 heavy (non-hydrogen) atoms. The third kappa shape index (κ3) is 4.25.